The van der Waals surface area contributed by atoms with Crippen molar-refractivity contribution in [2.75, 3.05) is 12.8 Å². The van der Waals surface area contributed by atoms with Gasteiger partial charge in [-0.2, -0.15) is 0 Å². The van der Waals surface area contributed by atoms with Gasteiger partial charge in [0, 0.05) is 6.07 Å². The molecule has 0 unspecified atom stereocenters. The molecule has 0 aliphatic carbocycles. The zero-order valence-corrected chi connectivity index (χ0v) is 12.1. The minimum atomic E-state index is -0.490. The molecule has 0 saturated heterocycles. The van der Waals surface area contributed by atoms with E-state index in [1.807, 2.05) is 0 Å². The van der Waals surface area contributed by atoms with Gasteiger partial charge in [0.05, 0.1) is 28.4 Å². The van der Waals surface area contributed by atoms with Crippen LogP contribution >= 0.6 is 23.2 Å². The van der Waals surface area contributed by atoms with Crippen LogP contribution in [-0.4, -0.2) is 7.11 Å². The van der Waals surface area contributed by atoms with E-state index in [0.29, 0.717) is 27.1 Å². The SMILES string of the molecule is COc1c(Cl)ccc(Cl)c1COc1ccc(F)c(N)c1. The summed E-state index contributed by atoms with van der Waals surface area (Å²) in [7, 11) is 1.50. The third-order valence-corrected chi connectivity index (χ3v) is 3.36. The lowest BCUT2D eigenvalue weighted by Crippen LogP contribution is -2.01. The third kappa shape index (κ3) is 3.08. The summed E-state index contributed by atoms with van der Waals surface area (Å²) in [5, 5.41) is 0.912. The molecule has 2 rings (SSSR count). The second-order valence-corrected chi connectivity index (χ2v) is 4.83. The topological polar surface area (TPSA) is 44.5 Å². The first-order valence-electron chi connectivity index (χ1n) is 5.71. The van der Waals surface area contributed by atoms with E-state index >= 15 is 0 Å². The van der Waals surface area contributed by atoms with Gasteiger partial charge in [-0.15, -0.1) is 0 Å². The fourth-order valence-corrected chi connectivity index (χ4v) is 2.16. The van der Waals surface area contributed by atoms with E-state index in [-0.39, 0.29) is 12.3 Å². The quantitative estimate of drug-likeness (QED) is 0.855. The lowest BCUT2D eigenvalue weighted by atomic mass is 10.2. The van der Waals surface area contributed by atoms with E-state index in [0.717, 1.165) is 0 Å². The van der Waals surface area contributed by atoms with Crippen molar-refractivity contribution in [2.24, 2.45) is 0 Å². The molecule has 0 aliphatic rings. The fourth-order valence-electron chi connectivity index (χ4n) is 1.70. The van der Waals surface area contributed by atoms with E-state index in [2.05, 4.69) is 0 Å². The summed E-state index contributed by atoms with van der Waals surface area (Å²) in [5.74, 6) is 0.395. The van der Waals surface area contributed by atoms with Crippen molar-refractivity contribution in [3.63, 3.8) is 0 Å². The number of anilines is 1. The van der Waals surface area contributed by atoms with Crippen molar-refractivity contribution >= 4 is 28.9 Å². The Hall–Kier alpha value is -1.65. The van der Waals surface area contributed by atoms with E-state index in [9.17, 15) is 4.39 Å². The minimum Gasteiger partial charge on any atom is -0.495 e. The Balaban J connectivity index is 2.22. The van der Waals surface area contributed by atoms with Gasteiger partial charge >= 0.3 is 0 Å². The van der Waals surface area contributed by atoms with Crippen LogP contribution in [0.2, 0.25) is 10.0 Å². The Bertz CT molecular complexity index is 635. The molecule has 0 heterocycles. The first-order chi connectivity index (χ1) is 9.52. The maximum absolute atomic E-state index is 13.1. The standard InChI is InChI=1S/C14H12Cl2FNO2/c1-19-14-9(10(15)3-4-11(14)16)7-20-8-2-5-12(17)13(18)6-8/h2-6H,7,18H2,1H3. The number of ether oxygens (including phenoxy) is 2. The van der Waals surface area contributed by atoms with Gasteiger partial charge in [-0.1, -0.05) is 23.2 Å². The number of halogens is 3. The summed E-state index contributed by atoms with van der Waals surface area (Å²) in [6, 6.07) is 7.42. The number of benzene rings is 2. The Morgan fingerprint density at radius 2 is 1.85 bits per heavy atom. The summed E-state index contributed by atoms with van der Waals surface area (Å²) in [5.41, 5.74) is 6.11. The number of hydrogen-bond donors (Lipinski definition) is 1. The van der Waals surface area contributed by atoms with Crippen LogP contribution in [0.1, 0.15) is 5.56 Å². The van der Waals surface area contributed by atoms with Crippen molar-refractivity contribution in [1.82, 2.24) is 0 Å². The largest absolute Gasteiger partial charge is 0.495 e. The highest BCUT2D eigenvalue weighted by atomic mass is 35.5. The molecule has 20 heavy (non-hydrogen) atoms. The van der Waals surface area contributed by atoms with Gasteiger partial charge in [-0.05, 0) is 24.3 Å². The molecule has 0 amide bonds. The molecular weight excluding hydrogens is 304 g/mol. The fraction of sp³-hybridized carbons (Fsp3) is 0.143. The first-order valence-corrected chi connectivity index (χ1v) is 6.47. The maximum Gasteiger partial charge on any atom is 0.146 e. The van der Waals surface area contributed by atoms with Gasteiger partial charge in [0.2, 0.25) is 0 Å². The van der Waals surface area contributed by atoms with Gasteiger partial charge in [-0.3, -0.25) is 0 Å². The van der Waals surface area contributed by atoms with Crippen LogP contribution in [0.4, 0.5) is 10.1 Å². The number of hydrogen-bond acceptors (Lipinski definition) is 3. The molecule has 0 spiro atoms. The summed E-state index contributed by atoms with van der Waals surface area (Å²) in [4.78, 5) is 0. The summed E-state index contributed by atoms with van der Waals surface area (Å²) in [6.07, 6.45) is 0. The molecule has 2 aromatic rings. The average Bonchev–Trinajstić information content (AvgIpc) is 2.43. The molecule has 0 bridgehead atoms. The molecule has 2 aromatic carbocycles. The normalized spacial score (nSPS) is 10.4. The zero-order chi connectivity index (χ0) is 14.7. The highest BCUT2D eigenvalue weighted by Gasteiger charge is 2.13. The molecular formula is C14H12Cl2FNO2. The third-order valence-electron chi connectivity index (χ3n) is 2.71. The van der Waals surface area contributed by atoms with Crippen molar-refractivity contribution in [3.05, 3.63) is 51.8 Å². The smallest absolute Gasteiger partial charge is 0.146 e. The second kappa shape index (κ2) is 6.20. The average molecular weight is 316 g/mol. The predicted octanol–water partition coefficient (Wildman–Crippen LogP) is 4.30. The molecule has 0 atom stereocenters. The van der Waals surface area contributed by atoms with E-state index in [4.69, 9.17) is 38.4 Å². The summed E-state index contributed by atoms with van der Waals surface area (Å²) >= 11 is 12.1. The van der Waals surface area contributed by atoms with Gasteiger partial charge in [0.15, 0.2) is 0 Å². The molecule has 2 N–H and O–H groups in total. The molecule has 6 heteroatoms. The van der Waals surface area contributed by atoms with Crippen LogP contribution in [-0.2, 0) is 6.61 Å². The van der Waals surface area contributed by atoms with Crippen LogP contribution in [0.3, 0.4) is 0 Å². The zero-order valence-electron chi connectivity index (χ0n) is 10.6. The highest BCUT2D eigenvalue weighted by Crippen LogP contribution is 2.34. The monoisotopic (exact) mass is 315 g/mol. The van der Waals surface area contributed by atoms with E-state index in [1.165, 1.54) is 25.3 Å². The lowest BCUT2D eigenvalue weighted by molar-refractivity contribution is 0.296. The van der Waals surface area contributed by atoms with Gasteiger partial charge in [0.1, 0.15) is 23.9 Å². The van der Waals surface area contributed by atoms with Crippen LogP contribution < -0.4 is 15.2 Å². The van der Waals surface area contributed by atoms with Crippen LogP contribution in [0.5, 0.6) is 11.5 Å². The Kier molecular flexibility index (Phi) is 4.57. The Morgan fingerprint density at radius 1 is 1.15 bits per heavy atom. The van der Waals surface area contributed by atoms with E-state index in [1.54, 1.807) is 12.1 Å². The molecule has 0 saturated carbocycles. The molecule has 0 radical (unpaired) electrons. The number of methoxy groups -OCH3 is 1. The number of nitrogen functional groups attached to an aromatic ring is 1. The minimum absolute atomic E-state index is 0.0201. The van der Waals surface area contributed by atoms with Gasteiger partial charge in [0.25, 0.3) is 0 Å². The van der Waals surface area contributed by atoms with Crippen molar-refractivity contribution < 1.29 is 13.9 Å². The molecule has 106 valence electrons. The summed E-state index contributed by atoms with van der Waals surface area (Å²) in [6.45, 7) is 0.133. The Labute approximate surface area is 126 Å². The Morgan fingerprint density at radius 3 is 2.50 bits per heavy atom. The molecule has 0 fully saturated rings. The maximum atomic E-state index is 13.1. The second-order valence-electron chi connectivity index (χ2n) is 4.01. The van der Waals surface area contributed by atoms with Crippen LogP contribution in [0.25, 0.3) is 0 Å². The van der Waals surface area contributed by atoms with E-state index < -0.39 is 5.82 Å². The first kappa shape index (κ1) is 14.8. The highest BCUT2D eigenvalue weighted by molar-refractivity contribution is 6.34. The summed E-state index contributed by atoms with van der Waals surface area (Å²) < 4.78 is 23.8. The van der Waals surface area contributed by atoms with Crippen LogP contribution in [0, 0.1) is 5.82 Å². The molecule has 3 nitrogen and oxygen atoms in total. The molecule has 0 aromatic heterocycles. The van der Waals surface area contributed by atoms with Gasteiger partial charge < -0.3 is 15.2 Å². The van der Waals surface area contributed by atoms with Crippen molar-refractivity contribution in [2.45, 2.75) is 6.61 Å². The number of nitrogens with two attached hydrogens (primary N) is 1. The van der Waals surface area contributed by atoms with Gasteiger partial charge in [-0.25, -0.2) is 4.39 Å². The predicted molar refractivity (Wildman–Crippen MR) is 78.2 cm³/mol. The van der Waals surface area contributed by atoms with Crippen molar-refractivity contribution in [1.29, 1.82) is 0 Å². The van der Waals surface area contributed by atoms with Crippen LogP contribution in [0.15, 0.2) is 30.3 Å². The number of rotatable bonds is 4. The lowest BCUT2D eigenvalue weighted by Gasteiger charge is -2.13. The molecule has 0 aliphatic heterocycles. The van der Waals surface area contributed by atoms with Crippen molar-refractivity contribution in [3.8, 4) is 11.5 Å².